The maximum atomic E-state index is 12.9. The number of benzene rings is 3. The summed E-state index contributed by atoms with van der Waals surface area (Å²) < 4.78 is 12.3. The van der Waals surface area contributed by atoms with Crippen LogP contribution in [0.4, 0.5) is 4.79 Å². The molecule has 39 heavy (non-hydrogen) atoms. The van der Waals surface area contributed by atoms with Crippen molar-refractivity contribution in [2.24, 2.45) is 11.3 Å². The van der Waals surface area contributed by atoms with Crippen molar-refractivity contribution in [3.8, 4) is 0 Å². The van der Waals surface area contributed by atoms with Crippen molar-refractivity contribution in [2.75, 3.05) is 0 Å². The Labute approximate surface area is 237 Å². The van der Waals surface area contributed by atoms with Crippen LogP contribution in [0.15, 0.2) is 84.9 Å². The zero-order valence-electron chi connectivity index (χ0n) is 25.0. The minimum Gasteiger partial charge on any atom is -0.444 e. The second-order valence-electron chi connectivity index (χ2n) is 12.8. The molecular formula is C34H47NO3Si. The highest BCUT2D eigenvalue weighted by molar-refractivity contribution is 6.48. The molecule has 5 heteroatoms. The van der Waals surface area contributed by atoms with Crippen LogP contribution in [0.25, 0.3) is 10.8 Å². The zero-order valence-corrected chi connectivity index (χ0v) is 26.2. The van der Waals surface area contributed by atoms with Gasteiger partial charge in [-0.15, -0.1) is 0 Å². The summed E-state index contributed by atoms with van der Waals surface area (Å²) in [7, 11) is -1.29. The lowest BCUT2D eigenvalue weighted by Gasteiger charge is -2.38. The van der Waals surface area contributed by atoms with Crippen LogP contribution in [0.3, 0.4) is 0 Å². The molecular weight excluding hydrogens is 498 g/mol. The third-order valence-corrected chi connectivity index (χ3v) is 7.38. The maximum Gasteiger partial charge on any atom is 0.408 e. The van der Waals surface area contributed by atoms with Crippen LogP contribution in [0.5, 0.6) is 0 Å². The molecule has 0 spiro atoms. The number of hydrogen-bond donors (Lipinski definition) is 1. The lowest BCUT2D eigenvalue weighted by Crippen LogP contribution is -2.41. The fraction of sp³-hybridized carbons (Fsp3) is 0.441. The zero-order chi connectivity index (χ0) is 28.6. The van der Waals surface area contributed by atoms with Gasteiger partial charge in [-0.3, -0.25) is 0 Å². The predicted molar refractivity (Wildman–Crippen MR) is 167 cm³/mol. The van der Waals surface area contributed by atoms with Crippen molar-refractivity contribution in [3.05, 3.63) is 96.1 Å². The number of hydrogen-bond acceptors (Lipinski definition) is 3. The highest BCUT2D eigenvalue weighted by Gasteiger charge is 2.33. The van der Waals surface area contributed by atoms with Crippen LogP contribution in [-0.4, -0.2) is 32.9 Å². The van der Waals surface area contributed by atoms with E-state index >= 15 is 0 Å². The van der Waals surface area contributed by atoms with Gasteiger partial charge in [0.25, 0.3) is 0 Å². The van der Waals surface area contributed by atoms with E-state index in [2.05, 4.69) is 124 Å². The van der Waals surface area contributed by atoms with Crippen LogP contribution in [0, 0.1) is 11.3 Å². The average molecular weight is 546 g/mol. The third-order valence-electron chi connectivity index (χ3n) is 6.54. The fourth-order valence-corrected chi connectivity index (χ4v) is 6.12. The summed E-state index contributed by atoms with van der Waals surface area (Å²) in [6, 6.07) is 25.2. The first-order chi connectivity index (χ1) is 18.3. The van der Waals surface area contributed by atoms with Gasteiger partial charge in [0.15, 0.2) is 9.04 Å². The number of carbonyl (C=O) groups excluding carboxylic acids is 1. The SMILES string of the molecule is C[SiH](C)OC(C(/C=C/[C@@H](Cc1ccc2ccccc2c1)NC(=O)OC(C)(C)C)Cc1ccccc1)C(C)(C)C. The van der Waals surface area contributed by atoms with Crippen LogP contribution in [-0.2, 0) is 22.0 Å². The van der Waals surface area contributed by atoms with Gasteiger partial charge in [-0.05, 0) is 74.0 Å². The quantitative estimate of drug-likeness (QED) is 0.207. The Morgan fingerprint density at radius 3 is 2.08 bits per heavy atom. The fourth-order valence-electron chi connectivity index (χ4n) is 4.93. The highest BCUT2D eigenvalue weighted by atomic mass is 28.3. The standard InChI is InChI=1S/C34H47NO3Si/c1-33(2,3)31(38-39(7)8)29(22-25-14-10-9-11-15-25)20-21-30(35-32(36)37-34(4,5)6)24-26-18-19-27-16-12-13-17-28(27)23-26/h9-21,23,29-31,39H,22,24H2,1-8H3,(H,35,36)/b21-20+/t29?,30-,31?/m0/s1. The van der Waals surface area contributed by atoms with Gasteiger partial charge in [0.2, 0.25) is 0 Å². The van der Waals surface area contributed by atoms with Gasteiger partial charge in [-0.2, -0.15) is 0 Å². The molecule has 0 aliphatic heterocycles. The number of fused-ring (bicyclic) bond motifs is 1. The van der Waals surface area contributed by atoms with E-state index in [1.54, 1.807) is 0 Å². The Hall–Kier alpha value is -2.89. The summed E-state index contributed by atoms with van der Waals surface area (Å²) in [5.74, 6) is 0.154. The molecule has 3 aromatic rings. The number of ether oxygens (including phenoxy) is 1. The molecule has 0 aromatic heterocycles. The van der Waals surface area contributed by atoms with Crippen molar-refractivity contribution in [1.29, 1.82) is 0 Å². The molecule has 210 valence electrons. The van der Waals surface area contributed by atoms with Crippen LogP contribution < -0.4 is 5.32 Å². The van der Waals surface area contributed by atoms with Crippen LogP contribution in [0.2, 0.25) is 13.1 Å². The van der Waals surface area contributed by atoms with Crippen molar-refractivity contribution in [2.45, 2.75) is 85.2 Å². The summed E-state index contributed by atoms with van der Waals surface area (Å²) in [5.41, 5.74) is 1.84. The molecule has 0 bridgehead atoms. The molecule has 1 N–H and O–H groups in total. The van der Waals surface area contributed by atoms with Gasteiger partial charge in [-0.1, -0.05) is 106 Å². The van der Waals surface area contributed by atoms with Crippen LogP contribution in [0.1, 0.15) is 52.7 Å². The minimum absolute atomic E-state index is 0.0342. The van der Waals surface area contributed by atoms with E-state index in [1.807, 2.05) is 20.8 Å². The van der Waals surface area contributed by atoms with Gasteiger partial charge >= 0.3 is 6.09 Å². The number of carbonyl (C=O) groups is 1. The largest absolute Gasteiger partial charge is 0.444 e. The molecule has 0 aliphatic rings. The molecule has 3 atom stereocenters. The summed E-state index contributed by atoms with van der Waals surface area (Å²) in [6.07, 6.45) is 5.60. The summed E-state index contributed by atoms with van der Waals surface area (Å²) >= 11 is 0. The lowest BCUT2D eigenvalue weighted by atomic mass is 9.78. The van der Waals surface area contributed by atoms with E-state index in [1.165, 1.54) is 16.3 Å². The Kier molecular flexibility index (Phi) is 10.6. The van der Waals surface area contributed by atoms with E-state index in [9.17, 15) is 4.79 Å². The number of nitrogens with one attached hydrogen (secondary N) is 1. The van der Waals surface area contributed by atoms with Crippen molar-refractivity contribution in [1.82, 2.24) is 5.32 Å². The summed E-state index contributed by atoms with van der Waals surface area (Å²) in [5, 5.41) is 5.53. The van der Waals surface area contributed by atoms with E-state index in [4.69, 9.17) is 9.16 Å². The van der Waals surface area contributed by atoms with Gasteiger partial charge < -0.3 is 14.5 Å². The summed E-state index contributed by atoms with van der Waals surface area (Å²) in [6.45, 7) is 16.9. The predicted octanol–water partition coefficient (Wildman–Crippen LogP) is 8.11. The molecule has 2 unspecified atom stereocenters. The minimum atomic E-state index is -1.29. The molecule has 4 nitrogen and oxygen atoms in total. The van der Waals surface area contributed by atoms with Crippen molar-refractivity contribution < 1.29 is 14.0 Å². The Bertz CT molecular complexity index is 1220. The molecule has 0 radical (unpaired) electrons. The molecule has 1 amide bonds. The number of rotatable bonds is 10. The van der Waals surface area contributed by atoms with E-state index in [-0.39, 0.29) is 23.5 Å². The van der Waals surface area contributed by atoms with Crippen molar-refractivity contribution in [3.63, 3.8) is 0 Å². The van der Waals surface area contributed by atoms with Gasteiger partial charge in [-0.25, -0.2) is 4.79 Å². The average Bonchev–Trinajstić information content (AvgIpc) is 2.83. The second kappa shape index (κ2) is 13.4. The molecule has 0 saturated heterocycles. The lowest BCUT2D eigenvalue weighted by molar-refractivity contribution is 0.0491. The number of amides is 1. The summed E-state index contributed by atoms with van der Waals surface area (Å²) in [4.78, 5) is 12.9. The molecule has 0 saturated carbocycles. The molecule has 3 aromatic carbocycles. The van der Waals surface area contributed by atoms with Crippen molar-refractivity contribution >= 4 is 25.9 Å². The first kappa shape index (κ1) is 30.6. The Morgan fingerprint density at radius 1 is 0.821 bits per heavy atom. The van der Waals surface area contributed by atoms with E-state index < -0.39 is 20.7 Å². The van der Waals surface area contributed by atoms with Crippen LogP contribution >= 0.6 is 0 Å². The first-order valence-electron chi connectivity index (χ1n) is 14.1. The third kappa shape index (κ3) is 10.3. The number of alkyl carbamates (subject to hydrolysis) is 1. The molecule has 0 heterocycles. The normalized spacial score (nSPS) is 14.9. The molecule has 0 fully saturated rings. The molecule has 3 rings (SSSR count). The maximum absolute atomic E-state index is 12.9. The van der Waals surface area contributed by atoms with Gasteiger partial charge in [0, 0.05) is 5.92 Å². The van der Waals surface area contributed by atoms with Gasteiger partial charge in [0.05, 0.1) is 12.1 Å². The van der Waals surface area contributed by atoms with E-state index in [0.29, 0.717) is 6.42 Å². The highest BCUT2D eigenvalue weighted by Crippen LogP contribution is 2.32. The topological polar surface area (TPSA) is 47.6 Å². The second-order valence-corrected chi connectivity index (χ2v) is 15.2. The molecule has 0 aliphatic carbocycles. The monoisotopic (exact) mass is 545 g/mol. The Morgan fingerprint density at radius 2 is 1.46 bits per heavy atom. The smallest absolute Gasteiger partial charge is 0.408 e. The Balaban J connectivity index is 1.94. The van der Waals surface area contributed by atoms with Gasteiger partial charge in [0.1, 0.15) is 5.60 Å². The van der Waals surface area contributed by atoms with E-state index in [0.717, 1.165) is 12.0 Å². The first-order valence-corrected chi connectivity index (χ1v) is 16.9.